The predicted molar refractivity (Wildman–Crippen MR) is 85.0 cm³/mol. The summed E-state index contributed by atoms with van der Waals surface area (Å²) in [5.41, 5.74) is -8.00. The fourth-order valence-electron chi connectivity index (χ4n) is 2.13. The second kappa shape index (κ2) is 6.70. The number of nitrogens with zero attached hydrogens (tertiary/aromatic N) is 1. The van der Waals surface area contributed by atoms with Gasteiger partial charge in [-0.25, -0.2) is 9.37 Å². The average molecular weight is 515 g/mol. The number of pyridine rings is 1. The molecular formula is C14H5Br2ClF7N. The Labute approximate surface area is 158 Å². The number of alkyl halides is 7. The minimum absolute atomic E-state index is 0.0308. The van der Waals surface area contributed by atoms with Crippen molar-refractivity contribution in [3.8, 4) is 11.1 Å². The first-order chi connectivity index (χ1) is 11.3. The molecule has 0 fully saturated rings. The summed E-state index contributed by atoms with van der Waals surface area (Å²) in [6, 6.07) is 3.94. The van der Waals surface area contributed by atoms with E-state index in [2.05, 4.69) is 36.8 Å². The Hall–Kier alpha value is -0.870. The third kappa shape index (κ3) is 3.66. The molecule has 0 unspecified atom stereocenters. The van der Waals surface area contributed by atoms with Gasteiger partial charge >= 0.3 is 18.0 Å². The number of aromatic nitrogens is 1. The Morgan fingerprint density at radius 3 is 1.88 bits per heavy atom. The summed E-state index contributed by atoms with van der Waals surface area (Å²) in [6.07, 6.45) is -11.5. The summed E-state index contributed by atoms with van der Waals surface area (Å²) in [4.78, 5) is 3.61. The molecule has 1 aromatic heterocycles. The molecule has 1 heterocycles. The molecular weight excluding hydrogens is 510 g/mol. The van der Waals surface area contributed by atoms with Crippen LogP contribution >= 0.6 is 43.5 Å². The van der Waals surface area contributed by atoms with Crippen LogP contribution in [0.5, 0.6) is 0 Å². The Morgan fingerprint density at radius 1 is 0.880 bits per heavy atom. The van der Waals surface area contributed by atoms with Crippen molar-refractivity contribution >= 4 is 43.5 Å². The highest BCUT2D eigenvalue weighted by atomic mass is 79.9. The maximum absolute atomic E-state index is 14.6. The van der Waals surface area contributed by atoms with Crippen molar-refractivity contribution < 1.29 is 30.7 Å². The van der Waals surface area contributed by atoms with E-state index in [1.807, 2.05) is 0 Å². The van der Waals surface area contributed by atoms with Gasteiger partial charge in [0, 0.05) is 31.8 Å². The third-order valence-corrected chi connectivity index (χ3v) is 4.53. The molecule has 1 nitrogen and oxygen atoms in total. The summed E-state index contributed by atoms with van der Waals surface area (Å²) >= 11 is 11.3. The highest BCUT2D eigenvalue weighted by Crippen LogP contribution is 2.56. The van der Waals surface area contributed by atoms with Crippen LogP contribution in [0.1, 0.15) is 5.56 Å². The molecule has 0 aliphatic rings. The number of benzene rings is 1. The van der Waals surface area contributed by atoms with Gasteiger partial charge in [0.15, 0.2) is 0 Å². The highest BCUT2D eigenvalue weighted by molar-refractivity contribution is 9.11. The van der Waals surface area contributed by atoms with Crippen molar-refractivity contribution in [1.29, 1.82) is 0 Å². The molecule has 25 heavy (non-hydrogen) atoms. The summed E-state index contributed by atoms with van der Waals surface area (Å²) in [7, 11) is 0. The molecule has 0 atom stereocenters. The molecule has 136 valence electrons. The van der Waals surface area contributed by atoms with Crippen LogP contribution in [0.3, 0.4) is 0 Å². The van der Waals surface area contributed by atoms with Crippen LogP contribution in [0.2, 0.25) is 5.15 Å². The van der Waals surface area contributed by atoms with Crippen molar-refractivity contribution in [3.63, 3.8) is 0 Å². The lowest BCUT2D eigenvalue weighted by Crippen LogP contribution is -2.50. The van der Waals surface area contributed by atoms with E-state index < -0.39 is 29.1 Å². The van der Waals surface area contributed by atoms with Gasteiger partial charge in [0.05, 0.1) is 0 Å². The Bertz CT molecular complexity index is 773. The smallest absolute Gasteiger partial charge is 0.244 e. The maximum atomic E-state index is 14.6. The van der Waals surface area contributed by atoms with Crippen LogP contribution in [-0.2, 0) is 5.67 Å². The van der Waals surface area contributed by atoms with Gasteiger partial charge in [0.2, 0.25) is 0 Å². The molecule has 0 bridgehead atoms. The molecule has 0 saturated heterocycles. The molecule has 0 saturated carbocycles. The molecule has 0 spiro atoms. The van der Waals surface area contributed by atoms with E-state index in [-0.39, 0.29) is 19.7 Å². The van der Waals surface area contributed by atoms with Gasteiger partial charge in [-0.1, -0.05) is 43.5 Å². The molecule has 2 aromatic rings. The molecule has 0 amide bonds. The van der Waals surface area contributed by atoms with Gasteiger partial charge in [-0.15, -0.1) is 0 Å². The van der Waals surface area contributed by atoms with Crippen LogP contribution in [0.4, 0.5) is 30.7 Å². The zero-order chi connectivity index (χ0) is 19.2. The van der Waals surface area contributed by atoms with Gasteiger partial charge in [-0.05, 0) is 24.3 Å². The molecule has 0 radical (unpaired) electrons. The summed E-state index contributed by atoms with van der Waals surface area (Å²) in [5, 5.41) is -0.0308. The van der Waals surface area contributed by atoms with Crippen LogP contribution in [0, 0.1) is 0 Å². The summed E-state index contributed by atoms with van der Waals surface area (Å²) in [5.74, 6) is 0. The molecule has 0 aliphatic heterocycles. The van der Waals surface area contributed by atoms with Crippen molar-refractivity contribution in [2.75, 3.05) is 0 Å². The van der Waals surface area contributed by atoms with Gasteiger partial charge in [-0.2, -0.15) is 26.3 Å². The highest BCUT2D eigenvalue weighted by Gasteiger charge is 2.74. The minimum Gasteiger partial charge on any atom is -0.244 e. The fourth-order valence-corrected chi connectivity index (χ4v) is 3.69. The molecule has 11 heteroatoms. The minimum atomic E-state index is -6.24. The number of halogens is 10. The average Bonchev–Trinajstić information content (AvgIpc) is 2.44. The van der Waals surface area contributed by atoms with E-state index in [9.17, 15) is 30.7 Å². The van der Waals surface area contributed by atoms with Gasteiger partial charge < -0.3 is 0 Å². The first kappa shape index (κ1) is 20.4. The number of rotatable bonds is 2. The lowest BCUT2D eigenvalue weighted by Gasteiger charge is -2.32. The van der Waals surface area contributed by atoms with Gasteiger partial charge in [0.25, 0.3) is 0 Å². The van der Waals surface area contributed by atoms with Crippen LogP contribution in [0.15, 0.2) is 39.4 Å². The van der Waals surface area contributed by atoms with Crippen molar-refractivity contribution in [2.45, 2.75) is 18.0 Å². The molecule has 0 aliphatic carbocycles. The van der Waals surface area contributed by atoms with Crippen molar-refractivity contribution in [2.24, 2.45) is 0 Å². The van der Waals surface area contributed by atoms with E-state index in [1.54, 1.807) is 0 Å². The fraction of sp³-hybridized carbons (Fsp3) is 0.214. The summed E-state index contributed by atoms with van der Waals surface area (Å²) < 4.78 is 93.1. The zero-order valence-corrected chi connectivity index (χ0v) is 15.5. The first-order valence-corrected chi connectivity index (χ1v) is 8.19. The lowest BCUT2D eigenvalue weighted by molar-refractivity contribution is -0.348. The maximum Gasteiger partial charge on any atom is 0.435 e. The van der Waals surface area contributed by atoms with Crippen LogP contribution in [-0.4, -0.2) is 17.3 Å². The van der Waals surface area contributed by atoms with Gasteiger partial charge in [0.1, 0.15) is 5.15 Å². The quantitative estimate of drug-likeness (QED) is 0.304. The van der Waals surface area contributed by atoms with Crippen molar-refractivity contribution in [3.05, 3.63) is 50.1 Å². The molecule has 0 N–H and O–H groups in total. The molecule has 1 aromatic carbocycles. The van der Waals surface area contributed by atoms with Gasteiger partial charge in [-0.3, -0.25) is 0 Å². The largest absolute Gasteiger partial charge is 0.435 e. The van der Waals surface area contributed by atoms with E-state index in [0.717, 1.165) is 18.3 Å². The van der Waals surface area contributed by atoms with E-state index in [1.165, 1.54) is 6.07 Å². The number of hydrogen-bond donors (Lipinski definition) is 0. The lowest BCUT2D eigenvalue weighted by atomic mass is 9.87. The standard InChI is InChI=1S/C14H5Br2ClF7N/c15-7-3-8(12(18,13(19,20)21)14(22,23)24)11(9(16)4-7)6-1-2-10(17)25-5-6/h1-5H. The predicted octanol–water partition coefficient (Wildman–Crippen LogP) is 7.22. The van der Waals surface area contributed by atoms with E-state index in [4.69, 9.17) is 11.6 Å². The second-order valence-corrected chi connectivity index (χ2v) is 6.99. The Kier molecular flexibility index (Phi) is 5.48. The third-order valence-electron chi connectivity index (χ3n) is 3.22. The summed E-state index contributed by atoms with van der Waals surface area (Å²) in [6.45, 7) is 0. The Morgan fingerprint density at radius 2 is 1.44 bits per heavy atom. The number of hydrogen-bond acceptors (Lipinski definition) is 1. The van der Waals surface area contributed by atoms with E-state index >= 15 is 0 Å². The normalized spacial score (nSPS) is 13.2. The SMILES string of the molecule is FC(F)(F)C(F)(c1cc(Br)cc(Br)c1-c1ccc(Cl)nc1)C(F)(F)F. The first-order valence-electron chi connectivity index (χ1n) is 6.23. The monoisotopic (exact) mass is 513 g/mol. The zero-order valence-electron chi connectivity index (χ0n) is 11.6. The van der Waals surface area contributed by atoms with E-state index in [0.29, 0.717) is 6.07 Å². The van der Waals surface area contributed by atoms with Crippen molar-refractivity contribution in [1.82, 2.24) is 4.98 Å². The topological polar surface area (TPSA) is 12.9 Å². The van der Waals surface area contributed by atoms with Crippen LogP contribution < -0.4 is 0 Å². The van der Waals surface area contributed by atoms with Crippen LogP contribution in [0.25, 0.3) is 11.1 Å². The second-order valence-electron chi connectivity index (χ2n) is 4.83. The molecule has 2 rings (SSSR count). The Balaban J connectivity index is 2.91.